The zero-order valence-corrected chi connectivity index (χ0v) is 13.8. The van der Waals surface area contributed by atoms with Crippen molar-refractivity contribution in [2.75, 3.05) is 11.9 Å². The lowest BCUT2D eigenvalue weighted by molar-refractivity contribution is -0.114. The fraction of sp³-hybridized carbons (Fsp3) is 0.455. The number of anilines is 1. The molecule has 9 nitrogen and oxygen atoms in total. The van der Waals surface area contributed by atoms with E-state index in [0.29, 0.717) is 12.2 Å². The maximum absolute atomic E-state index is 12.1. The Balaban J connectivity index is 1.99. The molecule has 2 aromatic heterocycles. The van der Waals surface area contributed by atoms with Gasteiger partial charge in [0.25, 0.3) is 10.0 Å². The Morgan fingerprint density at radius 1 is 1.32 bits per heavy atom. The van der Waals surface area contributed by atoms with E-state index in [4.69, 9.17) is 4.52 Å². The Hall–Kier alpha value is -1.85. The van der Waals surface area contributed by atoms with Crippen molar-refractivity contribution in [3.8, 4) is 0 Å². The van der Waals surface area contributed by atoms with Crippen molar-refractivity contribution in [2.24, 2.45) is 0 Å². The molecule has 1 amide bonds. The van der Waals surface area contributed by atoms with Gasteiger partial charge in [-0.05, 0) is 20.3 Å². The highest BCUT2D eigenvalue weighted by atomic mass is 32.2. The van der Waals surface area contributed by atoms with E-state index in [1.165, 1.54) is 6.92 Å². The molecule has 2 rings (SSSR count). The van der Waals surface area contributed by atoms with E-state index < -0.39 is 10.0 Å². The van der Waals surface area contributed by atoms with Crippen molar-refractivity contribution in [3.63, 3.8) is 0 Å². The lowest BCUT2D eigenvalue weighted by Gasteiger charge is -2.03. The molecule has 11 heteroatoms. The number of aromatic nitrogens is 3. The Kier molecular flexibility index (Phi) is 4.88. The quantitative estimate of drug-likeness (QED) is 0.735. The lowest BCUT2D eigenvalue weighted by Crippen LogP contribution is -2.26. The average molecular weight is 345 g/mol. The molecular weight excluding hydrogens is 330 g/mol. The molecule has 0 saturated heterocycles. The summed E-state index contributed by atoms with van der Waals surface area (Å²) in [5, 5.41) is 13.5. The molecule has 0 aliphatic heterocycles. The number of hydrogen-bond acceptors (Lipinski definition) is 8. The first-order chi connectivity index (χ1) is 10.3. The van der Waals surface area contributed by atoms with Gasteiger partial charge in [-0.2, -0.15) is 0 Å². The van der Waals surface area contributed by atoms with Gasteiger partial charge in [-0.25, -0.2) is 13.1 Å². The van der Waals surface area contributed by atoms with E-state index in [-0.39, 0.29) is 21.9 Å². The van der Waals surface area contributed by atoms with Crippen molar-refractivity contribution < 1.29 is 17.7 Å². The van der Waals surface area contributed by atoms with Crippen LogP contribution in [0.2, 0.25) is 0 Å². The van der Waals surface area contributed by atoms with Gasteiger partial charge < -0.3 is 9.84 Å². The summed E-state index contributed by atoms with van der Waals surface area (Å²) in [6.07, 6.45) is 0.456. The zero-order valence-electron chi connectivity index (χ0n) is 12.2. The third-order valence-electron chi connectivity index (χ3n) is 2.77. The highest BCUT2D eigenvalue weighted by molar-refractivity contribution is 7.91. The molecule has 0 atom stereocenters. The molecule has 120 valence electrons. The van der Waals surface area contributed by atoms with Crippen LogP contribution >= 0.6 is 11.3 Å². The second-order valence-corrected chi connectivity index (χ2v) is 7.42. The van der Waals surface area contributed by atoms with E-state index in [0.717, 1.165) is 22.6 Å². The number of sulfonamides is 1. The Morgan fingerprint density at radius 2 is 2.05 bits per heavy atom. The van der Waals surface area contributed by atoms with Gasteiger partial charge in [-0.15, -0.1) is 10.2 Å². The molecule has 0 aromatic carbocycles. The summed E-state index contributed by atoms with van der Waals surface area (Å²) in [7, 11) is -3.76. The third kappa shape index (κ3) is 3.87. The summed E-state index contributed by atoms with van der Waals surface area (Å²) in [5.41, 5.74) is 1.61. The van der Waals surface area contributed by atoms with E-state index in [1.54, 1.807) is 13.8 Å². The van der Waals surface area contributed by atoms with Gasteiger partial charge in [0, 0.05) is 19.0 Å². The van der Waals surface area contributed by atoms with Crippen LogP contribution < -0.4 is 10.0 Å². The number of carbonyl (C=O) groups is 1. The Labute approximate surface area is 131 Å². The SMILES string of the molecule is CC(=O)Nc1nnc(S(=O)(=O)NCCc2c(C)noc2C)s1. The molecule has 2 N–H and O–H groups in total. The molecule has 0 unspecified atom stereocenters. The minimum absolute atomic E-state index is 0.138. The van der Waals surface area contributed by atoms with E-state index in [9.17, 15) is 13.2 Å². The third-order valence-corrected chi connectivity index (χ3v) is 5.43. The summed E-state index contributed by atoms with van der Waals surface area (Å²) in [5.74, 6) is 0.326. The molecule has 0 spiro atoms. The average Bonchev–Trinajstić information content (AvgIpc) is 2.99. The number of nitrogens with one attached hydrogen (secondary N) is 2. The van der Waals surface area contributed by atoms with Gasteiger partial charge in [0.05, 0.1) is 5.69 Å². The largest absolute Gasteiger partial charge is 0.361 e. The summed E-state index contributed by atoms with van der Waals surface area (Å²) >= 11 is 0.787. The molecule has 2 aromatic rings. The second-order valence-electron chi connectivity index (χ2n) is 4.50. The van der Waals surface area contributed by atoms with Crippen LogP contribution in [0.3, 0.4) is 0 Å². The first kappa shape index (κ1) is 16.5. The lowest BCUT2D eigenvalue weighted by atomic mass is 10.1. The summed E-state index contributed by atoms with van der Waals surface area (Å²) in [4.78, 5) is 10.9. The van der Waals surface area contributed by atoms with Crippen LogP contribution in [0, 0.1) is 13.8 Å². The van der Waals surface area contributed by atoms with Gasteiger partial charge >= 0.3 is 0 Å². The fourth-order valence-electron chi connectivity index (χ4n) is 1.75. The molecule has 0 aliphatic rings. The van der Waals surface area contributed by atoms with Gasteiger partial charge in [-0.1, -0.05) is 16.5 Å². The van der Waals surface area contributed by atoms with Crippen LogP contribution in [0.4, 0.5) is 5.13 Å². The first-order valence-corrected chi connectivity index (χ1v) is 8.62. The molecule has 0 bridgehead atoms. The number of rotatable bonds is 6. The topological polar surface area (TPSA) is 127 Å². The smallest absolute Gasteiger partial charge is 0.269 e. The normalized spacial score (nSPS) is 11.6. The van der Waals surface area contributed by atoms with Crippen molar-refractivity contribution in [2.45, 2.75) is 31.5 Å². The molecule has 2 heterocycles. The Morgan fingerprint density at radius 3 is 2.64 bits per heavy atom. The maximum atomic E-state index is 12.1. The number of aryl methyl sites for hydroxylation is 2. The van der Waals surface area contributed by atoms with E-state index >= 15 is 0 Å². The van der Waals surface area contributed by atoms with Gasteiger partial charge in [0.2, 0.25) is 15.4 Å². The molecule has 0 saturated carbocycles. The van der Waals surface area contributed by atoms with Crippen molar-refractivity contribution in [1.82, 2.24) is 20.1 Å². The molecule has 0 aliphatic carbocycles. The highest BCUT2D eigenvalue weighted by Crippen LogP contribution is 2.19. The van der Waals surface area contributed by atoms with Gasteiger partial charge in [0.1, 0.15) is 5.76 Å². The second kappa shape index (κ2) is 6.50. The number of nitrogens with zero attached hydrogens (tertiary/aromatic N) is 3. The Bertz CT molecular complexity index is 761. The van der Waals surface area contributed by atoms with Crippen LogP contribution in [-0.4, -0.2) is 36.2 Å². The minimum atomic E-state index is -3.76. The summed E-state index contributed by atoms with van der Waals surface area (Å²) in [6, 6.07) is 0. The minimum Gasteiger partial charge on any atom is -0.361 e. The van der Waals surface area contributed by atoms with Gasteiger partial charge in [0.15, 0.2) is 0 Å². The van der Waals surface area contributed by atoms with Crippen LogP contribution in [0.25, 0.3) is 0 Å². The predicted octanol–water partition coefficient (Wildman–Crippen LogP) is 0.622. The zero-order chi connectivity index (χ0) is 16.3. The number of amides is 1. The molecule has 0 fully saturated rings. The maximum Gasteiger partial charge on any atom is 0.269 e. The fourth-order valence-corrected chi connectivity index (χ4v) is 3.77. The van der Waals surface area contributed by atoms with Gasteiger partial charge in [-0.3, -0.25) is 4.79 Å². The summed E-state index contributed by atoms with van der Waals surface area (Å²) < 4.78 is 31.4. The van der Waals surface area contributed by atoms with Crippen molar-refractivity contribution in [3.05, 3.63) is 17.0 Å². The monoisotopic (exact) mass is 345 g/mol. The van der Waals surface area contributed by atoms with E-state index in [2.05, 4.69) is 25.4 Å². The molecule has 0 radical (unpaired) electrons. The van der Waals surface area contributed by atoms with Crippen LogP contribution in [0.15, 0.2) is 8.86 Å². The van der Waals surface area contributed by atoms with E-state index in [1.807, 2.05) is 0 Å². The number of carbonyl (C=O) groups excluding carboxylic acids is 1. The number of hydrogen-bond donors (Lipinski definition) is 2. The van der Waals surface area contributed by atoms with Crippen molar-refractivity contribution in [1.29, 1.82) is 0 Å². The van der Waals surface area contributed by atoms with Crippen LogP contribution in [0.1, 0.15) is 23.9 Å². The van der Waals surface area contributed by atoms with Crippen molar-refractivity contribution >= 4 is 32.4 Å². The van der Waals surface area contributed by atoms with Crippen LogP contribution in [0.5, 0.6) is 0 Å². The van der Waals surface area contributed by atoms with Crippen LogP contribution in [-0.2, 0) is 21.2 Å². The predicted molar refractivity (Wildman–Crippen MR) is 79.1 cm³/mol. The highest BCUT2D eigenvalue weighted by Gasteiger charge is 2.20. The standard InChI is InChI=1S/C11H15N5O4S2/c1-6-9(7(2)20-16-6)4-5-12-22(18,19)11-15-14-10(21-11)13-8(3)17/h12H,4-5H2,1-3H3,(H,13,14,17). The first-order valence-electron chi connectivity index (χ1n) is 6.32. The summed E-state index contributed by atoms with van der Waals surface area (Å²) in [6.45, 7) is 5.05. The molecular formula is C11H15N5O4S2. The molecule has 22 heavy (non-hydrogen) atoms.